The number of hydrogen-bond donors (Lipinski definition) is 3. The van der Waals surface area contributed by atoms with Crippen LogP contribution in [0, 0.1) is 5.92 Å². The third kappa shape index (κ3) is 4.33. The first-order valence-corrected chi connectivity index (χ1v) is 6.94. The summed E-state index contributed by atoms with van der Waals surface area (Å²) in [6.07, 6.45) is 3.24. The van der Waals surface area contributed by atoms with Crippen LogP contribution in [-0.4, -0.2) is 30.2 Å². The molecule has 0 bridgehead atoms. The van der Waals surface area contributed by atoms with Crippen LogP contribution < -0.4 is 10.6 Å². The monoisotopic (exact) mass is 262 g/mol. The van der Waals surface area contributed by atoms with Crippen molar-refractivity contribution in [2.24, 2.45) is 5.92 Å². The van der Waals surface area contributed by atoms with Crippen LogP contribution >= 0.6 is 0 Å². The Labute approximate surface area is 114 Å². The molecule has 1 aliphatic rings. The van der Waals surface area contributed by atoms with E-state index >= 15 is 0 Å². The molecule has 1 aliphatic carbocycles. The Kier molecular flexibility index (Phi) is 5.36. The van der Waals surface area contributed by atoms with Crippen molar-refractivity contribution in [3.63, 3.8) is 0 Å². The summed E-state index contributed by atoms with van der Waals surface area (Å²) in [4.78, 5) is 11.7. The first kappa shape index (κ1) is 14.0. The highest BCUT2D eigenvalue weighted by atomic mass is 16.3. The summed E-state index contributed by atoms with van der Waals surface area (Å²) in [5.74, 6) is 0.314. The molecule has 2 rings (SSSR count). The minimum atomic E-state index is 0.00689. The fraction of sp³-hybridized carbons (Fsp3) is 0.533. The Morgan fingerprint density at radius 1 is 1.26 bits per heavy atom. The molecule has 0 spiro atoms. The summed E-state index contributed by atoms with van der Waals surface area (Å²) in [6, 6.07) is 10.2. The van der Waals surface area contributed by atoms with Gasteiger partial charge in [0.1, 0.15) is 0 Å². The van der Waals surface area contributed by atoms with Gasteiger partial charge in [-0.15, -0.1) is 0 Å². The molecule has 2 unspecified atom stereocenters. The van der Waals surface area contributed by atoms with E-state index in [0.717, 1.165) is 24.8 Å². The normalized spacial score (nSPS) is 22.4. The molecule has 1 fully saturated rings. The van der Waals surface area contributed by atoms with E-state index in [1.54, 1.807) is 0 Å². The fourth-order valence-corrected chi connectivity index (χ4v) is 2.61. The summed E-state index contributed by atoms with van der Waals surface area (Å²) in [7, 11) is 0. The van der Waals surface area contributed by atoms with Gasteiger partial charge >= 0.3 is 0 Å². The molecule has 0 heterocycles. The molecule has 1 aromatic rings. The Morgan fingerprint density at radius 3 is 2.79 bits per heavy atom. The number of carbonyl (C=O) groups is 1. The van der Waals surface area contributed by atoms with Crippen LogP contribution in [-0.2, 0) is 11.3 Å². The van der Waals surface area contributed by atoms with Crippen molar-refractivity contribution in [1.82, 2.24) is 10.6 Å². The van der Waals surface area contributed by atoms with Gasteiger partial charge in [-0.05, 0) is 24.3 Å². The van der Waals surface area contributed by atoms with E-state index in [1.807, 2.05) is 30.3 Å². The Hall–Kier alpha value is -1.39. The van der Waals surface area contributed by atoms with Crippen molar-refractivity contribution < 1.29 is 9.90 Å². The van der Waals surface area contributed by atoms with Crippen molar-refractivity contribution in [2.75, 3.05) is 13.2 Å². The molecule has 0 radical (unpaired) electrons. The molecule has 2 atom stereocenters. The minimum Gasteiger partial charge on any atom is -0.396 e. The first-order valence-electron chi connectivity index (χ1n) is 6.94. The number of hydrogen-bond acceptors (Lipinski definition) is 3. The molecule has 3 N–H and O–H groups in total. The average molecular weight is 262 g/mol. The van der Waals surface area contributed by atoms with Gasteiger partial charge in [-0.3, -0.25) is 4.79 Å². The molecule has 1 amide bonds. The molecule has 1 saturated carbocycles. The number of rotatable bonds is 6. The molecule has 4 heteroatoms. The van der Waals surface area contributed by atoms with Crippen LogP contribution in [0.1, 0.15) is 24.8 Å². The molecule has 0 aromatic heterocycles. The molecule has 0 aliphatic heterocycles. The third-order valence-corrected chi connectivity index (χ3v) is 3.75. The summed E-state index contributed by atoms with van der Waals surface area (Å²) in [5.41, 5.74) is 1.10. The summed E-state index contributed by atoms with van der Waals surface area (Å²) in [5, 5.41) is 15.4. The summed E-state index contributed by atoms with van der Waals surface area (Å²) < 4.78 is 0. The Bertz CT molecular complexity index is 394. The number of carbonyl (C=O) groups excluding carboxylic acids is 1. The van der Waals surface area contributed by atoms with E-state index in [0.29, 0.717) is 19.0 Å². The molecular weight excluding hydrogens is 240 g/mol. The second kappa shape index (κ2) is 7.26. The predicted molar refractivity (Wildman–Crippen MR) is 74.5 cm³/mol. The van der Waals surface area contributed by atoms with E-state index < -0.39 is 0 Å². The Balaban J connectivity index is 1.67. The third-order valence-electron chi connectivity index (χ3n) is 3.75. The lowest BCUT2D eigenvalue weighted by Crippen LogP contribution is -2.41. The maximum atomic E-state index is 11.7. The van der Waals surface area contributed by atoms with Crippen LogP contribution in [0.2, 0.25) is 0 Å². The molecule has 19 heavy (non-hydrogen) atoms. The highest BCUT2D eigenvalue weighted by molar-refractivity contribution is 5.78. The predicted octanol–water partition coefficient (Wildman–Crippen LogP) is 1.05. The standard InChI is InChI=1S/C15H22N2O2/c18-11-13-7-4-8-14(13)16-10-15(19)17-9-12-5-2-1-3-6-12/h1-3,5-6,13-14,16,18H,4,7-11H2,(H,17,19). The number of aliphatic hydroxyl groups excluding tert-OH is 1. The van der Waals surface area contributed by atoms with Gasteiger partial charge in [-0.2, -0.15) is 0 Å². The highest BCUT2D eigenvalue weighted by Crippen LogP contribution is 2.24. The van der Waals surface area contributed by atoms with Crippen molar-refractivity contribution in [1.29, 1.82) is 0 Å². The lowest BCUT2D eigenvalue weighted by atomic mass is 10.1. The van der Waals surface area contributed by atoms with Crippen molar-refractivity contribution in [3.05, 3.63) is 35.9 Å². The lowest BCUT2D eigenvalue weighted by Gasteiger charge is -2.18. The quantitative estimate of drug-likeness (QED) is 0.718. The van der Waals surface area contributed by atoms with E-state index in [9.17, 15) is 9.90 Å². The van der Waals surface area contributed by atoms with Gasteiger partial charge in [-0.1, -0.05) is 36.8 Å². The van der Waals surface area contributed by atoms with Crippen molar-refractivity contribution >= 4 is 5.91 Å². The van der Waals surface area contributed by atoms with Crippen LogP contribution in [0.25, 0.3) is 0 Å². The highest BCUT2D eigenvalue weighted by Gasteiger charge is 2.26. The Morgan fingerprint density at radius 2 is 2.05 bits per heavy atom. The van der Waals surface area contributed by atoms with Crippen LogP contribution in [0.5, 0.6) is 0 Å². The number of amides is 1. The number of nitrogens with one attached hydrogen (secondary N) is 2. The minimum absolute atomic E-state index is 0.00689. The molecule has 4 nitrogen and oxygen atoms in total. The molecule has 0 saturated heterocycles. The van der Waals surface area contributed by atoms with Gasteiger partial charge in [0.05, 0.1) is 6.54 Å². The van der Waals surface area contributed by atoms with Gasteiger partial charge in [0.15, 0.2) is 0 Å². The zero-order chi connectivity index (χ0) is 13.5. The topological polar surface area (TPSA) is 61.4 Å². The van der Waals surface area contributed by atoms with Gasteiger partial charge in [0.25, 0.3) is 0 Å². The lowest BCUT2D eigenvalue weighted by molar-refractivity contribution is -0.120. The SMILES string of the molecule is O=C(CNC1CCCC1CO)NCc1ccccc1. The average Bonchev–Trinajstić information content (AvgIpc) is 2.91. The van der Waals surface area contributed by atoms with Crippen LogP contribution in [0.4, 0.5) is 0 Å². The van der Waals surface area contributed by atoms with E-state index in [1.165, 1.54) is 0 Å². The fourth-order valence-electron chi connectivity index (χ4n) is 2.61. The number of aliphatic hydroxyl groups is 1. The molecule has 1 aromatic carbocycles. The van der Waals surface area contributed by atoms with Gasteiger partial charge in [0, 0.05) is 19.2 Å². The molecule has 104 valence electrons. The molecular formula is C15H22N2O2. The van der Waals surface area contributed by atoms with E-state index in [2.05, 4.69) is 10.6 Å². The summed E-state index contributed by atoms with van der Waals surface area (Å²) >= 11 is 0. The van der Waals surface area contributed by atoms with Crippen molar-refractivity contribution in [2.45, 2.75) is 31.8 Å². The van der Waals surface area contributed by atoms with Gasteiger partial charge < -0.3 is 15.7 Å². The van der Waals surface area contributed by atoms with E-state index in [4.69, 9.17) is 0 Å². The first-order chi connectivity index (χ1) is 9.29. The zero-order valence-corrected chi connectivity index (χ0v) is 11.1. The number of benzene rings is 1. The maximum absolute atomic E-state index is 11.7. The second-order valence-electron chi connectivity index (χ2n) is 5.12. The largest absolute Gasteiger partial charge is 0.396 e. The van der Waals surface area contributed by atoms with E-state index in [-0.39, 0.29) is 18.6 Å². The van der Waals surface area contributed by atoms with Crippen LogP contribution in [0.15, 0.2) is 30.3 Å². The smallest absolute Gasteiger partial charge is 0.234 e. The van der Waals surface area contributed by atoms with Crippen LogP contribution in [0.3, 0.4) is 0 Å². The summed E-state index contributed by atoms with van der Waals surface area (Å²) in [6.45, 7) is 1.10. The van der Waals surface area contributed by atoms with Crippen molar-refractivity contribution in [3.8, 4) is 0 Å². The zero-order valence-electron chi connectivity index (χ0n) is 11.1. The van der Waals surface area contributed by atoms with Gasteiger partial charge in [0.2, 0.25) is 5.91 Å². The maximum Gasteiger partial charge on any atom is 0.234 e. The second-order valence-corrected chi connectivity index (χ2v) is 5.12. The van der Waals surface area contributed by atoms with Gasteiger partial charge in [-0.25, -0.2) is 0 Å².